The van der Waals surface area contributed by atoms with E-state index in [-0.39, 0.29) is 5.91 Å². The summed E-state index contributed by atoms with van der Waals surface area (Å²) >= 11 is 0. The van der Waals surface area contributed by atoms with Gasteiger partial charge in [0, 0.05) is 26.2 Å². The van der Waals surface area contributed by atoms with Gasteiger partial charge in [0.25, 0.3) is 5.91 Å². The van der Waals surface area contributed by atoms with Gasteiger partial charge < -0.3 is 24.6 Å². The van der Waals surface area contributed by atoms with Crippen LogP contribution in [0.5, 0.6) is 11.5 Å². The summed E-state index contributed by atoms with van der Waals surface area (Å²) in [5, 5.41) is 14.8. The summed E-state index contributed by atoms with van der Waals surface area (Å²) in [4.78, 5) is 35.5. The average Bonchev–Trinajstić information content (AvgIpc) is 2.84. The first-order chi connectivity index (χ1) is 15.9. The van der Waals surface area contributed by atoms with E-state index in [1.165, 1.54) is 5.56 Å². The molecule has 1 aliphatic heterocycles. The molecule has 33 heavy (non-hydrogen) atoms. The number of para-hydroxylation sites is 1. The van der Waals surface area contributed by atoms with Gasteiger partial charge in [0.2, 0.25) is 0 Å². The van der Waals surface area contributed by atoms with Crippen LogP contribution in [-0.4, -0.2) is 84.8 Å². The molecular formula is C24H30N2O7. The quantitative estimate of drug-likeness (QED) is 0.607. The molecule has 0 aliphatic carbocycles. The Morgan fingerprint density at radius 3 is 2.03 bits per heavy atom. The Hall–Kier alpha value is -3.59. The molecule has 0 radical (unpaired) electrons. The van der Waals surface area contributed by atoms with Crippen LogP contribution in [0.4, 0.5) is 0 Å². The fraction of sp³-hybridized carbons (Fsp3) is 0.375. The first kappa shape index (κ1) is 25.7. The molecule has 178 valence electrons. The summed E-state index contributed by atoms with van der Waals surface area (Å²) in [6, 6.07) is 16.0. The molecule has 1 amide bonds. The molecule has 0 unspecified atom stereocenters. The van der Waals surface area contributed by atoms with E-state index in [9.17, 15) is 4.79 Å². The molecule has 0 spiro atoms. The number of carbonyl (C=O) groups excluding carboxylic acids is 1. The van der Waals surface area contributed by atoms with Crippen LogP contribution in [0, 0.1) is 0 Å². The summed E-state index contributed by atoms with van der Waals surface area (Å²) < 4.78 is 10.7. The molecule has 2 aromatic carbocycles. The van der Waals surface area contributed by atoms with E-state index in [1.54, 1.807) is 26.4 Å². The Labute approximate surface area is 193 Å². The van der Waals surface area contributed by atoms with Gasteiger partial charge in [-0.2, -0.15) is 0 Å². The number of benzene rings is 2. The fourth-order valence-corrected chi connectivity index (χ4v) is 3.55. The van der Waals surface area contributed by atoms with Crippen molar-refractivity contribution in [3.05, 3.63) is 59.7 Å². The van der Waals surface area contributed by atoms with Crippen molar-refractivity contribution in [3.63, 3.8) is 0 Å². The van der Waals surface area contributed by atoms with Gasteiger partial charge >= 0.3 is 11.9 Å². The van der Waals surface area contributed by atoms with Crippen LogP contribution in [0.25, 0.3) is 0 Å². The molecule has 9 nitrogen and oxygen atoms in total. The maximum absolute atomic E-state index is 12.9. The van der Waals surface area contributed by atoms with Gasteiger partial charge in [-0.15, -0.1) is 0 Å². The predicted octanol–water partition coefficient (Wildman–Crippen LogP) is 2.25. The molecule has 9 heteroatoms. The van der Waals surface area contributed by atoms with Crippen LogP contribution in [-0.2, 0) is 16.0 Å². The number of piperazine rings is 1. The highest BCUT2D eigenvalue weighted by Crippen LogP contribution is 2.31. The summed E-state index contributed by atoms with van der Waals surface area (Å²) in [6.07, 6.45) is 2.24. The fourth-order valence-electron chi connectivity index (χ4n) is 3.55. The zero-order valence-electron chi connectivity index (χ0n) is 18.9. The summed E-state index contributed by atoms with van der Waals surface area (Å²) in [7, 11) is 3.15. The smallest absolute Gasteiger partial charge is 0.414 e. The molecule has 0 atom stereocenters. The lowest BCUT2D eigenvalue weighted by Gasteiger charge is -2.35. The molecule has 1 fully saturated rings. The lowest BCUT2D eigenvalue weighted by atomic mass is 10.1. The first-order valence-corrected chi connectivity index (χ1v) is 10.6. The highest BCUT2D eigenvalue weighted by atomic mass is 16.5. The van der Waals surface area contributed by atoms with Gasteiger partial charge in [-0.3, -0.25) is 9.69 Å². The van der Waals surface area contributed by atoms with Gasteiger partial charge in [-0.1, -0.05) is 36.4 Å². The molecule has 2 aromatic rings. The van der Waals surface area contributed by atoms with Gasteiger partial charge in [-0.05, 0) is 37.1 Å². The minimum absolute atomic E-state index is 0.00897. The molecule has 0 bridgehead atoms. The number of amides is 1. The number of aryl methyl sites for hydroxylation is 1. The lowest BCUT2D eigenvalue weighted by molar-refractivity contribution is -0.159. The van der Waals surface area contributed by atoms with E-state index < -0.39 is 11.9 Å². The average molecular weight is 459 g/mol. The molecule has 1 aliphatic rings. The van der Waals surface area contributed by atoms with E-state index in [0.29, 0.717) is 17.1 Å². The van der Waals surface area contributed by atoms with Crippen LogP contribution in [0.2, 0.25) is 0 Å². The summed E-state index contributed by atoms with van der Waals surface area (Å²) in [6.45, 7) is 4.37. The number of carbonyl (C=O) groups is 3. The Morgan fingerprint density at radius 1 is 0.848 bits per heavy atom. The van der Waals surface area contributed by atoms with E-state index in [0.717, 1.165) is 45.6 Å². The molecule has 1 heterocycles. The van der Waals surface area contributed by atoms with Crippen molar-refractivity contribution in [2.45, 2.75) is 12.8 Å². The maximum atomic E-state index is 12.9. The topological polar surface area (TPSA) is 117 Å². The van der Waals surface area contributed by atoms with E-state index in [2.05, 4.69) is 35.2 Å². The number of rotatable bonds is 7. The zero-order valence-corrected chi connectivity index (χ0v) is 18.9. The van der Waals surface area contributed by atoms with Crippen molar-refractivity contribution in [3.8, 4) is 11.5 Å². The number of carboxylic acids is 2. The van der Waals surface area contributed by atoms with Gasteiger partial charge in [0.1, 0.15) is 0 Å². The third-order valence-corrected chi connectivity index (χ3v) is 5.26. The zero-order chi connectivity index (χ0) is 24.2. The second kappa shape index (κ2) is 13.1. The number of hydrogen-bond donors (Lipinski definition) is 2. The third-order valence-electron chi connectivity index (χ3n) is 5.26. The monoisotopic (exact) mass is 458 g/mol. The SMILES string of the molecule is COc1cccc(C(=O)N2CCN(CCCc3ccccc3)CC2)c1OC.O=C(O)C(=O)O. The van der Waals surface area contributed by atoms with Crippen molar-refractivity contribution in [2.75, 3.05) is 46.9 Å². The van der Waals surface area contributed by atoms with E-state index in [1.807, 2.05) is 11.0 Å². The molecule has 1 saturated heterocycles. The van der Waals surface area contributed by atoms with Crippen molar-refractivity contribution in [1.82, 2.24) is 9.80 Å². The molecular weight excluding hydrogens is 428 g/mol. The number of aliphatic carboxylic acids is 2. The van der Waals surface area contributed by atoms with Crippen molar-refractivity contribution in [1.29, 1.82) is 0 Å². The van der Waals surface area contributed by atoms with Crippen LogP contribution in [0.15, 0.2) is 48.5 Å². The largest absolute Gasteiger partial charge is 0.493 e. The Bertz CT molecular complexity index is 914. The molecule has 0 aromatic heterocycles. The number of hydrogen-bond acceptors (Lipinski definition) is 6. The van der Waals surface area contributed by atoms with Crippen molar-refractivity contribution in [2.24, 2.45) is 0 Å². The standard InChI is InChI=1S/C22H28N2O3.C2H2O4/c1-26-20-12-6-11-19(21(20)27-2)22(25)24-16-14-23(15-17-24)13-7-10-18-8-4-3-5-9-18;3-1(4)2(5)6/h3-6,8-9,11-12H,7,10,13-17H2,1-2H3;(H,3,4)(H,5,6). The van der Waals surface area contributed by atoms with Gasteiger partial charge in [0.05, 0.1) is 19.8 Å². The highest BCUT2D eigenvalue weighted by Gasteiger charge is 2.25. The summed E-state index contributed by atoms with van der Waals surface area (Å²) in [5.41, 5.74) is 1.95. The highest BCUT2D eigenvalue weighted by molar-refractivity contribution is 6.27. The Balaban J connectivity index is 0.000000569. The van der Waals surface area contributed by atoms with Crippen LogP contribution in [0.1, 0.15) is 22.3 Å². The Kier molecular flexibility index (Phi) is 10.2. The molecule has 0 saturated carbocycles. The Morgan fingerprint density at radius 2 is 1.48 bits per heavy atom. The number of nitrogens with zero attached hydrogens (tertiary/aromatic N) is 2. The molecule has 2 N–H and O–H groups in total. The second-order valence-corrected chi connectivity index (χ2v) is 7.37. The number of methoxy groups -OCH3 is 2. The minimum Gasteiger partial charge on any atom is -0.493 e. The first-order valence-electron chi connectivity index (χ1n) is 10.6. The normalized spacial score (nSPS) is 13.5. The van der Waals surface area contributed by atoms with Gasteiger partial charge in [-0.25, -0.2) is 9.59 Å². The lowest BCUT2D eigenvalue weighted by Crippen LogP contribution is -2.48. The van der Waals surface area contributed by atoms with Crippen LogP contribution < -0.4 is 9.47 Å². The predicted molar refractivity (Wildman–Crippen MR) is 122 cm³/mol. The van der Waals surface area contributed by atoms with Crippen molar-refractivity contribution < 1.29 is 34.1 Å². The van der Waals surface area contributed by atoms with Gasteiger partial charge in [0.15, 0.2) is 11.5 Å². The van der Waals surface area contributed by atoms with E-state index in [4.69, 9.17) is 29.3 Å². The summed E-state index contributed by atoms with van der Waals surface area (Å²) in [5.74, 6) is -2.54. The molecule has 3 rings (SSSR count). The second-order valence-electron chi connectivity index (χ2n) is 7.37. The van der Waals surface area contributed by atoms with Crippen LogP contribution in [0.3, 0.4) is 0 Å². The maximum Gasteiger partial charge on any atom is 0.414 e. The minimum atomic E-state index is -1.82. The number of carboxylic acid groups (broad SMARTS) is 2. The number of ether oxygens (including phenoxy) is 2. The van der Waals surface area contributed by atoms with E-state index >= 15 is 0 Å². The van der Waals surface area contributed by atoms with Crippen LogP contribution >= 0.6 is 0 Å². The third kappa shape index (κ3) is 7.80. The van der Waals surface area contributed by atoms with Crippen molar-refractivity contribution >= 4 is 17.8 Å².